The first-order valence-corrected chi connectivity index (χ1v) is 10.9. The lowest BCUT2D eigenvalue weighted by atomic mass is 10.0. The van der Waals surface area contributed by atoms with Crippen molar-refractivity contribution in [1.29, 1.82) is 0 Å². The molecule has 0 aliphatic carbocycles. The molecule has 2 aliphatic rings. The summed E-state index contributed by atoms with van der Waals surface area (Å²) in [7, 11) is 0. The Kier molecular flexibility index (Phi) is 6.57. The summed E-state index contributed by atoms with van der Waals surface area (Å²) in [5.74, 6) is 1.12. The van der Waals surface area contributed by atoms with Crippen LogP contribution in [0, 0.1) is 0 Å². The Bertz CT molecular complexity index is 1050. The first kappa shape index (κ1) is 21.0. The first-order chi connectivity index (χ1) is 15.1. The Morgan fingerprint density at radius 3 is 2.42 bits per heavy atom. The molecule has 160 valence electrons. The topological polar surface area (TPSA) is 93.7 Å². The van der Waals surface area contributed by atoms with E-state index in [4.69, 9.17) is 9.47 Å². The molecule has 0 atom stereocenters. The van der Waals surface area contributed by atoms with Crippen molar-refractivity contribution in [2.24, 2.45) is 0 Å². The van der Waals surface area contributed by atoms with E-state index in [2.05, 4.69) is 10.6 Å². The predicted octanol–water partition coefficient (Wildman–Crippen LogP) is 4.13. The molecule has 1 saturated heterocycles. The van der Waals surface area contributed by atoms with E-state index in [1.54, 1.807) is 6.08 Å². The number of carbonyl (C=O) groups is 3. The van der Waals surface area contributed by atoms with Crippen LogP contribution >= 0.6 is 11.8 Å². The van der Waals surface area contributed by atoms with Crippen molar-refractivity contribution in [3.05, 3.63) is 58.5 Å². The number of amides is 3. The zero-order chi connectivity index (χ0) is 21.6. The van der Waals surface area contributed by atoms with Crippen molar-refractivity contribution in [3.63, 3.8) is 0 Å². The van der Waals surface area contributed by atoms with Crippen molar-refractivity contribution < 1.29 is 23.9 Å². The van der Waals surface area contributed by atoms with E-state index in [9.17, 15) is 14.4 Å². The van der Waals surface area contributed by atoms with E-state index in [0.717, 1.165) is 53.6 Å². The van der Waals surface area contributed by atoms with Gasteiger partial charge in [-0.15, -0.1) is 0 Å². The lowest BCUT2D eigenvalue weighted by Gasteiger charge is -2.17. The van der Waals surface area contributed by atoms with Gasteiger partial charge in [-0.05, 0) is 66.4 Å². The number of fused-ring (bicyclic) bond motifs is 1. The van der Waals surface area contributed by atoms with Gasteiger partial charge in [0.25, 0.3) is 11.1 Å². The number of benzene rings is 2. The number of aryl methyl sites for hydroxylation is 1. The quantitative estimate of drug-likeness (QED) is 0.475. The van der Waals surface area contributed by atoms with Crippen LogP contribution in [0.5, 0.6) is 11.5 Å². The SMILES string of the molecule is O=C1CCc2ccc(OCCCCOc3cccc(C=C4SC(=O)NC4=O)c3)cc2N1. The summed E-state index contributed by atoms with van der Waals surface area (Å²) >= 11 is 0.893. The van der Waals surface area contributed by atoms with Gasteiger partial charge in [-0.2, -0.15) is 0 Å². The summed E-state index contributed by atoms with van der Waals surface area (Å²) in [5.41, 5.74) is 2.77. The summed E-state index contributed by atoms with van der Waals surface area (Å²) in [4.78, 5) is 34.8. The van der Waals surface area contributed by atoms with Crippen molar-refractivity contribution >= 4 is 40.6 Å². The number of nitrogens with one attached hydrogen (secondary N) is 2. The van der Waals surface area contributed by atoms with E-state index >= 15 is 0 Å². The van der Waals surface area contributed by atoms with Gasteiger partial charge in [0.15, 0.2) is 0 Å². The Balaban J connectivity index is 1.20. The largest absolute Gasteiger partial charge is 0.494 e. The fourth-order valence-corrected chi connectivity index (χ4v) is 3.97. The first-order valence-electron chi connectivity index (χ1n) is 10.1. The minimum atomic E-state index is -0.373. The molecule has 0 saturated carbocycles. The maximum absolute atomic E-state index is 11.7. The highest BCUT2D eigenvalue weighted by atomic mass is 32.2. The van der Waals surface area contributed by atoms with Gasteiger partial charge in [0.2, 0.25) is 5.91 Å². The third kappa shape index (κ3) is 5.67. The molecule has 1 fully saturated rings. The number of carbonyl (C=O) groups excluding carboxylic acids is 3. The number of anilines is 1. The third-order valence-electron chi connectivity index (χ3n) is 4.85. The third-order valence-corrected chi connectivity index (χ3v) is 5.66. The molecule has 4 rings (SSSR count). The Hall–Kier alpha value is -3.26. The predicted molar refractivity (Wildman–Crippen MR) is 119 cm³/mol. The van der Waals surface area contributed by atoms with Crippen LogP contribution in [0.1, 0.15) is 30.4 Å². The van der Waals surface area contributed by atoms with Crippen LogP contribution in [0.15, 0.2) is 47.4 Å². The van der Waals surface area contributed by atoms with Crippen molar-refractivity contribution in [1.82, 2.24) is 5.32 Å². The van der Waals surface area contributed by atoms with Gasteiger partial charge in [-0.3, -0.25) is 19.7 Å². The molecule has 7 nitrogen and oxygen atoms in total. The number of unbranched alkanes of at least 4 members (excludes halogenated alkanes) is 1. The molecule has 0 spiro atoms. The molecule has 0 bridgehead atoms. The standard InChI is InChI=1S/C23H22N2O5S/c26-21-9-7-16-6-8-18(14-19(16)24-21)30-11-2-1-10-29-17-5-3-4-15(12-17)13-20-22(27)25-23(28)31-20/h3-6,8,12-14H,1-2,7,9-11H2,(H,24,26)(H,25,27,28). The lowest BCUT2D eigenvalue weighted by Crippen LogP contribution is -2.18. The second kappa shape index (κ2) is 9.70. The van der Waals surface area contributed by atoms with Gasteiger partial charge in [0, 0.05) is 18.2 Å². The number of thioether (sulfide) groups is 1. The molecular formula is C23H22N2O5S. The molecule has 0 unspecified atom stereocenters. The van der Waals surface area contributed by atoms with Gasteiger partial charge in [-0.1, -0.05) is 18.2 Å². The number of rotatable bonds is 8. The van der Waals surface area contributed by atoms with E-state index in [-0.39, 0.29) is 17.1 Å². The second-order valence-corrected chi connectivity index (χ2v) is 8.21. The fraction of sp³-hybridized carbons (Fsp3) is 0.261. The summed E-state index contributed by atoms with van der Waals surface area (Å²) in [6, 6.07) is 13.2. The van der Waals surface area contributed by atoms with Crippen molar-refractivity contribution in [2.75, 3.05) is 18.5 Å². The second-order valence-electron chi connectivity index (χ2n) is 7.20. The molecule has 2 aromatic rings. The maximum Gasteiger partial charge on any atom is 0.290 e. The van der Waals surface area contributed by atoms with Gasteiger partial charge >= 0.3 is 0 Å². The molecule has 0 aromatic heterocycles. The molecule has 31 heavy (non-hydrogen) atoms. The number of ether oxygens (including phenoxy) is 2. The fourth-order valence-electron chi connectivity index (χ4n) is 3.29. The van der Waals surface area contributed by atoms with Crippen LogP contribution in [-0.2, 0) is 16.0 Å². The molecule has 2 N–H and O–H groups in total. The summed E-state index contributed by atoms with van der Waals surface area (Å²) in [5, 5.41) is 4.76. The molecule has 0 radical (unpaired) electrons. The summed E-state index contributed by atoms with van der Waals surface area (Å²) < 4.78 is 11.6. The van der Waals surface area contributed by atoms with E-state index in [1.165, 1.54) is 0 Å². The van der Waals surface area contributed by atoms with Crippen LogP contribution < -0.4 is 20.1 Å². The summed E-state index contributed by atoms with van der Waals surface area (Å²) in [6.07, 6.45) is 4.61. The van der Waals surface area contributed by atoms with Crippen LogP contribution in [0.25, 0.3) is 6.08 Å². The molecule has 8 heteroatoms. The molecule has 2 aliphatic heterocycles. The molecule has 3 amide bonds. The Labute approximate surface area is 184 Å². The highest BCUT2D eigenvalue weighted by Crippen LogP contribution is 2.28. The van der Waals surface area contributed by atoms with Gasteiger partial charge < -0.3 is 14.8 Å². The number of hydrogen-bond acceptors (Lipinski definition) is 6. The normalized spacial score (nSPS) is 16.6. The van der Waals surface area contributed by atoms with Gasteiger partial charge in [0.1, 0.15) is 11.5 Å². The van der Waals surface area contributed by atoms with E-state index < -0.39 is 0 Å². The summed E-state index contributed by atoms with van der Waals surface area (Å²) in [6.45, 7) is 1.10. The molecule has 2 aromatic carbocycles. The highest BCUT2D eigenvalue weighted by Gasteiger charge is 2.24. The van der Waals surface area contributed by atoms with Crippen LogP contribution in [0.2, 0.25) is 0 Å². The minimum Gasteiger partial charge on any atom is -0.494 e. The Morgan fingerprint density at radius 2 is 1.68 bits per heavy atom. The van der Waals surface area contributed by atoms with Crippen LogP contribution in [-0.4, -0.2) is 30.3 Å². The number of hydrogen-bond donors (Lipinski definition) is 2. The van der Waals surface area contributed by atoms with Crippen molar-refractivity contribution in [2.45, 2.75) is 25.7 Å². The molecule has 2 heterocycles. The van der Waals surface area contributed by atoms with Crippen LogP contribution in [0.3, 0.4) is 0 Å². The average molecular weight is 439 g/mol. The molecular weight excluding hydrogens is 416 g/mol. The maximum atomic E-state index is 11.7. The van der Waals surface area contributed by atoms with Gasteiger partial charge in [0.05, 0.1) is 18.1 Å². The zero-order valence-corrected chi connectivity index (χ0v) is 17.6. The number of imide groups is 1. The average Bonchev–Trinajstić information content (AvgIpc) is 3.07. The smallest absolute Gasteiger partial charge is 0.290 e. The zero-order valence-electron chi connectivity index (χ0n) is 16.8. The van der Waals surface area contributed by atoms with E-state index in [0.29, 0.717) is 30.3 Å². The lowest BCUT2D eigenvalue weighted by molar-refractivity contribution is -0.116. The Morgan fingerprint density at radius 1 is 0.903 bits per heavy atom. The highest BCUT2D eigenvalue weighted by molar-refractivity contribution is 8.18. The van der Waals surface area contributed by atoms with Crippen LogP contribution in [0.4, 0.5) is 10.5 Å². The minimum absolute atomic E-state index is 0.0424. The van der Waals surface area contributed by atoms with E-state index in [1.807, 2.05) is 42.5 Å². The van der Waals surface area contributed by atoms with Crippen molar-refractivity contribution in [3.8, 4) is 11.5 Å². The monoisotopic (exact) mass is 438 g/mol. The van der Waals surface area contributed by atoms with Gasteiger partial charge in [-0.25, -0.2) is 0 Å².